The first-order valence-corrected chi connectivity index (χ1v) is 11.3. The van der Waals surface area contributed by atoms with Crippen LogP contribution >= 0.6 is 0 Å². The van der Waals surface area contributed by atoms with Gasteiger partial charge in [-0.3, -0.25) is 10.00 Å². The number of para-hydroxylation sites is 1. The van der Waals surface area contributed by atoms with Crippen LogP contribution in [0.15, 0.2) is 59.0 Å². The molecule has 2 aromatic carbocycles. The lowest BCUT2D eigenvalue weighted by Gasteiger charge is -2.13. The maximum atomic E-state index is 6.08. The fourth-order valence-corrected chi connectivity index (χ4v) is 4.43. The van der Waals surface area contributed by atoms with Crippen LogP contribution < -0.4 is 14.2 Å². The van der Waals surface area contributed by atoms with Crippen molar-refractivity contribution in [2.24, 2.45) is 0 Å². The molecule has 3 heterocycles. The van der Waals surface area contributed by atoms with Crippen molar-refractivity contribution in [3.63, 3.8) is 0 Å². The SMILES string of the molecule is COc1ccc(OCCc2cc(C3CCN(Cc4cc5cccc(OC)c5o4)C3)n[nH]2)cc1. The van der Waals surface area contributed by atoms with E-state index in [1.807, 2.05) is 36.4 Å². The Hall–Kier alpha value is -3.45. The van der Waals surface area contributed by atoms with Gasteiger partial charge in [0, 0.05) is 30.0 Å². The fourth-order valence-electron chi connectivity index (χ4n) is 4.43. The Labute approximate surface area is 193 Å². The van der Waals surface area contributed by atoms with E-state index in [1.165, 1.54) is 0 Å². The fraction of sp³-hybridized carbons (Fsp3) is 0.346. The van der Waals surface area contributed by atoms with E-state index in [4.69, 9.17) is 18.6 Å². The molecule has 2 aromatic heterocycles. The van der Waals surface area contributed by atoms with Crippen LogP contribution in [0.4, 0.5) is 0 Å². The summed E-state index contributed by atoms with van der Waals surface area (Å²) in [5.74, 6) is 3.83. The van der Waals surface area contributed by atoms with Gasteiger partial charge in [-0.2, -0.15) is 5.10 Å². The zero-order valence-corrected chi connectivity index (χ0v) is 19.0. The maximum Gasteiger partial charge on any atom is 0.176 e. The second kappa shape index (κ2) is 9.58. The van der Waals surface area contributed by atoms with Crippen molar-refractivity contribution in [1.82, 2.24) is 15.1 Å². The molecule has 7 nitrogen and oxygen atoms in total. The third-order valence-corrected chi connectivity index (χ3v) is 6.20. The third kappa shape index (κ3) is 4.83. The van der Waals surface area contributed by atoms with E-state index >= 15 is 0 Å². The molecular weight excluding hydrogens is 418 g/mol. The summed E-state index contributed by atoms with van der Waals surface area (Å²) in [7, 11) is 3.33. The van der Waals surface area contributed by atoms with Crippen molar-refractivity contribution in [1.29, 1.82) is 0 Å². The average Bonchev–Trinajstić information content (AvgIpc) is 3.59. The number of furan rings is 1. The van der Waals surface area contributed by atoms with Crippen LogP contribution in [-0.2, 0) is 13.0 Å². The molecule has 7 heteroatoms. The molecule has 5 rings (SSSR count). The minimum atomic E-state index is 0.427. The average molecular weight is 448 g/mol. The number of aromatic nitrogens is 2. The molecule has 0 radical (unpaired) electrons. The second-order valence-electron chi connectivity index (χ2n) is 8.40. The molecule has 172 valence electrons. The van der Waals surface area contributed by atoms with Crippen LogP contribution in [0.3, 0.4) is 0 Å². The van der Waals surface area contributed by atoms with Gasteiger partial charge in [0.2, 0.25) is 0 Å². The van der Waals surface area contributed by atoms with Crippen LogP contribution in [0.25, 0.3) is 11.0 Å². The van der Waals surface area contributed by atoms with Crippen LogP contribution in [0, 0.1) is 0 Å². The molecule has 1 fully saturated rings. The minimum Gasteiger partial charge on any atom is -0.497 e. The highest BCUT2D eigenvalue weighted by molar-refractivity contribution is 5.83. The van der Waals surface area contributed by atoms with E-state index in [0.717, 1.165) is 77.8 Å². The number of H-pyrrole nitrogens is 1. The zero-order chi connectivity index (χ0) is 22.6. The standard InChI is InChI=1S/C26H29N3O4/c1-30-21-6-8-22(9-7-21)32-13-11-20-15-24(28-27-20)19-10-12-29(16-19)17-23-14-18-4-3-5-25(31-2)26(18)33-23/h3-9,14-15,19H,10-13,16-17H2,1-2H3,(H,27,28). The van der Waals surface area contributed by atoms with Gasteiger partial charge in [0.15, 0.2) is 11.3 Å². The predicted molar refractivity (Wildman–Crippen MR) is 126 cm³/mol. The molecule has 0 amide bonds. The monoisotopic (exact) mass is 447 g/mol. The van der Waals surface area contributed by atoms with E-state index < -0.39 is 0 Å². The lowest BCUT2D eigenvalue weighted by Crippen LogP contribution is -2.19. The predicted octanol–water partition coefficient (Wildman–Crippen LogP) is 4.78. The minimum absolute atomic E-state index is 0.427. The Bertz CT molecular complexity index is 1200. The number of nitrogens with zero attached hydrogens (tertiary/aromatic N) is 2. The Kier molecular flexibility index (Phi) is 6.21. The van der Waals surface area contributed by atoms with E-state index in [0.29, 0.717) is 12.5 Å². The molecule has 0 spiro atoms. The van der Waals surface area contributed by atoms with Crippen molar-refractivity contribution in [3.8, 4) is 17.2 Å². The van der Waals surface area contributed by atoms with Crippen molar-refractivity contribution in [2.45, 2.75) is 25.3 Å². The van der Waals surface area contributed by atoms with Gasteiger partial charge >= 0.3 is 0 Å². The first-order chi connectivity index (χ1) is 16.2. The molecule has 4 aromatic rings. The Morgan fingerprint density at radius 3 is 2.73 bits per heavy atom. The number of methoxy groups -OCH3 is 2. The molecule has 0 saturated carbocycles. The molecule has 1 atom stereocenters. The first kappa shape index (κ1) is 21.4. The van der Waals surface area contributed by atoms with Crippen molar-refractivity contribution in [3.05, 3.63) is 71.7 Å². The normalized spacial score (nSPS) is 16.4. The van der Waals surface area contributed by atoms with Gasteiger partial charge < -0.3 is 18.6 Å². The number of rotatable bonds is 9. The van der Waals surface area contributed by atoms with E-state index in [-0.39, 0.29) is 0 Å². The van der Waals surface area contributed by atoms with Gasteiger partial charge in [0.05, 0.1) is 33.1 Å². The van der Waals surface area contributed by atoms with Gasteiger partial charge in [-0.15, -0.1) is 0 Å². The number of fused-ring (bicyclic) bond motifs is 1. The number of likely N-dealkylation sites (tertiary alicyclic amines) is 1. The molecule has 1 aliphatic heterocycles. The van der Waals surface area contributed by atoms with Crippen LogP contribution in [0.2, 0.25) is 0 Å². The van der Waals surface area contributed by atoms with Gasteiger partial charge in [0.1, 0.15) is 17.3 Å². The van der Waals surface area contributed by atoms with Crippen LogP contribution in [0.5, 0.6) is 17.2 Å². The molecule has 1 unspecified atom stereocenters. The molecule has 1 aliphatic rings. The smallest absolute Gasteiger partial charge is 0.176 e. The molecule has 1 saturated heterocycles. The zero-order valence-electron chi connectivity index (χ0n) is 19.0. The third-order valence-electron chi connectivity index (χ3n) is 6.20. The number of ether oxygens (including phenoxy) is 3. The van der Waals surface area contributed by atoms with E-state index in [1.54, 1.807) is 14.2 Å². The number of hydrogen-bond acceptors (Lipinski definition) is 6. The van der Waals surface area contributed by atoms with Crippen LogP contribution in [0.1, 0.15) is 29.5 Å². The quantitative estimate of drug-likeness (QED) is 0.398. The van der Waals surface area contributed by atoms with Crippen molar-refractivity contribution < 1.29 is 18.6 Å². The molecule has 1 N–H and O–H groups in total. The lowest BCUT2D eigenvalue weighted by atomic mass is 10.0. The summed E-state index contributed by atoms with van der Waals surface area (Å²) >= 11 is 0. The summed E-state index contributed by atoms with van der Waals surface area (Å²) in [4.78, 5) is 2.43. The topological polar surface area (TPSA) is 72.8 Å². The summed E-state index contributed by atoms with van der Waals surface area (Å²) < 4.78 is 22.5. The van der Waals surface area contributed by atoms with Gasteiger partial charge in [-0.1, -0.05) is 12.1 Å². The van der Waals surface area contributed by atoms with Gasteiger partial charge in [-0.05, 0) is 55.4 Å². The summed E-state index contributed by atoms with van der Waals surface area (Å²) in [6.45, 7) is 3.39. The van der Waals surface area contributed by atoms with E-state index in [2.05, 4.69) is 33.3 Å². The largest absolute Gasteiger partial charge is 0.497 e. The van der Waals surface area contributed by atoms with E-state index in [9.17, 15) is 0 Å². The Balaban J connectivity index is 1.13. The molecule has 0 aliphatic carbocycles. The van der Waals surface area contributed by atoms with Crippen LogP contribution in [-0.4, -0.2) is 49.0 Å². The van der Waals surface area contributed by atoms with Gasteiger partial charge in [-0.25, -0.2) is 0 Å². The summed E-state index contributed by atoms with van der Waals surface area (Å²) in [5.41, 5.74) is 3.05. The highest BCUT2D eigenvalue weighted by Crippen LogP contribution is 2.31. The Morgan fingerprint density at radius 1 is 1.06 bits per heavy atom. The first-order valence-electron chi connectivity index (χ1n) is 11.3. The number of benzene rings is 2. The number of aromatic amines is 1. The summed E-state index contributed by atoms with van der Waals surface area (Å²) in [6, 6.07) is 17.9. The van der Waals surface area contributed by atoms with Crippen molar-refractivity contribution in [2.75, 3.05) is 33.9 Å². The second-order valence-corrected chi connectivity index (χ2v) is 8.40. The highest BCUT2D eigenvalue weighted by Gasteiger charge is 2.26. The lowest BCUT2D eigenvalue weighted by molar-refractivity contribution is 0.296. The summed E-state index contributed by atoms with van der Waals surface area (Å²) in [5, 5.41) is 8.84. The maximum absolute atomic E-state index is 6.08. The number of nitrogens with one attached hydrogen (secondary N) is 1. The van der Waals surface area contributed by atoms with Crippen molar-refractivity contribution >= 4 is 11.0 Å². The molecule has 0 bridgehead atoms. The highest BCUT2D eigenvalue weighted by atomic mass is 16.5. The number of hydrogen-bond donors (Lipinski definition) is 1. The summed E-state index contributed by atoms with van der Waals surface area (Å²) in [6.07, 6.45) is 1.88. The molecular formula is C26H29N3O4. The molecule has 33 heavy (non-hydrogen) atoms. The Morgan fingerprint density at radius 2 is 1.91 bits per heavy atom. The van der Waals surface area contributed by atoms with Gasteiger partial charge in [0.25, 0.3) is 0 Å².